The molecule has 1 fully saturated rings. The van der Waals surface area contributed by atoms with Gasteiger partial charge in [0.2, 0.25) is 0 Å². The predicted octanol–water partition coefficient (Wildman–Crippen LogP) is 1.59. The molecule has 20 heavy (non-hydrogen) atoms. The highest BCUT2D eigenvalue weighted by atomic mass is 32.2. The van der Waals surface area contributed by atoms with E-state index >= 15 is 0 Å². The summed E-state index contributed by atoms with van der Waals surface area (Å²) in [6, 6.07) is 8.08. The zero-order valence-corrected chi connectivity index (χ0v) is 12.7. The van der Waals surface area contributed by atoms with Crippen molar-refractivity contribution in [2.24, 2.45) is 0 Å². The van der Waals surface area contributed by atoms with Crippen LogP contribution in [-0.4, -0.2) is 45.2 Å². The third kappa shape index (κ3) is 2.75. The zero-order valence-electron chi connectivity index (χ0n) is 11.9. The number of piperidine rings is 1. The minimum atomic E-state index is -3.08. The van der Waals surface area contributed by atoms with Crippen molar-refractivity contribution < 1.29 is 8.42 Å². The van der Waals surface area contributed by atoms with Crippen LogP contribution in [0, 0.1) is 0 Å². The van der Waals surface area contributed by atoms with E-state index in [9.17, 15) is 8.42 Å². The lowest BCUT2D eigenvalue weighted by Gasteiger charge is -2.35. The average Bonchev–Trinajstić information content (AvgIpc) is 2.43. The van der Waals surface area contributed by atoms with Crippen molar-refractivity contribution in [2.75, 3.05) is 25.9 Å². The molecule has 1 aromatic rings. The van der Waals surface area contributed by atoms with Gasteiger partial charge in [-0.25, -0.2) is 8.42 Å². The lowest BCUT2D eigenvalue weighted by atomic mass is 9.99. The molecule has 1 N–H and O–H groups in total. The molecule has 0 radical (unpaired) electrons. The van der Waals surface area contributed by atoms with Crippen LogP contribution in [0.3, 0.4) is 0 Å². The Balaban J connectivity index is 1.81. The van der Waals surface area contributed by atoms with Crippen LogP contribution in [0.5, 0.6) is 0 Å². The van der Waals surface area contributed by atoms with Crippen LogP contribution in [0.1, 0.15) is 30.9 Å². The number of benzene rings is 1. The van der Waals surface area contributed by atoms with Gasteiger partial charge in [-0.05, 0) is 44.5 Å². The van der Waals surface area contributed by atoms with Gasteiger partial charge in [0.15, 0.2) is 9.84 Å². The molecule has 2 aliphatic rings. The fourth-order valence-electron chi connectivity index (χ4n) is 3.35. The Labute approximate surface area is 121 Å². The van der Waals surface area contributed by atoms with Crippen LogP contribution >= 0.6 is 0 Å². The second-order valence-electron chi connectivity index (χ2n) is 5.97. The Morgan fingerprint density at radius 1 is 1.25 bits per heavy atom. The predicted molar refractivity (Wildman–Crippen MR) is 79.5 cm³/mol. The van der Waals surface area contributed by atoms with E-state index in [0.717, 1.165) is 18.7 Å². The normalized spacial score (nSPS) is 29.9. The first-order valence-electron chi connectivity index (χ1n) is 7.32. The van der Waals surface area contributed by atoms with Crippen molar-refractivity contribution in [2.45, 2.75) is 36.2 Å². The Hall–Kier alpha value is -0.910. The fourth-order valence-corrected chi connectivity index (χ4v) is 4.97. The van der Waals surface area contributed by atoms with Gasteiger partial charge in [-0.3, -0.25) is 0 Å². The van der Waals surface area contributed by atoms with Crippen molar-refractivity contribution in [1.82, 2.24) is 10.2 Å². The lowest BCUT2D eigenvalue weighted by molar-refractivity contribution is 0.214. The Kier molecular flexibility index (Phi) is 3.84. The van der Waals surface area contributed by atoms with Crippen LogP contribution in [0.4, 0.5) is 0 Å². The number of hydrogen-bond donors (Lipinski definition) is 1. The third-order valence-corrected chi connectivity index (χ3v) is 6.18. The monoisotopic (exact) mass is 294 g/mol. The number of sulfone groups is 1. The molecule has 4 nitrogen and oxygen atoms in total. The summed E-state index contributed by atoms with van der Waals surface area (Å²) in [4.78, 5) is 2.86. The van der Waals surface area contributed by atoms with Crippen LogP contribution in [-0.2, 0) is 9.84 Å². The van der Waals surface area contributed by atoms with Crippen molar-refractivity contribution >= 4 is 9.84 Å². The van der Waals surface area contributed by atoms with Crippen LogP contribution in [0.2, 0.25) is 0 Å². The lowest BCUT2D eigenvalue weighted by Crippen LogP contribution is -2.46. The molecule has 3 rings (SSSR count). The summed E-state index contributed by atoms with van der Waals surface area (Å²) in [6.45, 7) is 2.21. The first-order valence-corrected chi connectivity index (χ1v) is 8.98. The summed E-state index contributed by atoms with van der Waals surface area (Å²) in [5.41, 5.74) is 0.951. The van der Waals surface area contributed by atoms with Gasteiger partial charge in [-0.1, -0.05) is 18.2 Å². The topological polar surface area (TPSA) is 49.4 Å². The van der Waals surface area contributed by atoms with E-state index in [2.05, 4.69) is 17.3 Å². The molecule has 110 valence electrons. The molecule has 0 saturated carbocycles. The first kappa shape index (κ1) is 14.0. The molecule has 0 spiro atoms. The van der Waals surface area contributed by atoms with Gasteiger partial charge in [0, 0.05) is 18.6 Å². The molecular formula is C15H22N2O2S. The SMILES string of the molecule is CN1CCCC(NC2CCS(=O)(=O)c3ccccc32)C1. The van der Waals surface area contributed by atoms with E-state index in [-0.39, 0.29) is 11.8 Å². The van der Waals surface area contributed by atoms with Crippen LogP contribution < -0.4 is 5.32 Å². The summed E-state index contributed by atoms with van der Waals surface area (Å²) in [5, 5.41) is 3.68. The maximum Gasteiger partial charge on any atom is 0.178 e. The van der Waals surface area contributed by atoms with Gasteiger partial charge in [0.1, 0.15) is 0 Å². The van der Waals surface area contributed by atoms with Crippen molar-refractivity contribution in [3.63, 3.8) is 0 Å². The molecule has 5 heteroatoms. The smallest absolute Gasteiger partial charge is 0.178 e. The van der Waals surface area contributed by atoms with E-state index in [1.54, 1.807) is 6.07 Å². The largest absolute Gasteiger partial charge is 0.306 e. The highest BCUT2D eigenvalue weighted by Crippen LogP contribution is 2.32. The van der Waals surface area contributed by atoms with Gasteiger partial charge >= 0.3 is 0 Å². The highest BCUT2D eigenvalue weighted by molar-refractivity contribution is 7.91. The number of hydrogen-bond acceptors (Lipinski definition) is 4. The minimum Gasteiger partial charge on any atom is -0.306 e. The molecule has 2 atom stereocenters. The van der Waals surface area contributed by atoms with E-state index in [1.807, 2.05) is 18.2 Å². The van der Waals surface area contributed by atoms with Gasteiger partial charge in [0.05, 0.1) is 10.6 Å². The minimum absolute atomic E-state index is 0.172. The number of rotatable bonds is 2. The highest BCUT2D eigenvalue weighted by Gasteiger charge is 2.31. The molecule has 0 aromatic heterocycles. The molecular weight excluding hydrogens is 272 g/mol. The quantitative estimate of drug-likeness (QED) is 0.900. The average molecular weight is 294 g/mol. The maximum absolute atomic E-state index is 12.1. The summed E-state index contributed by atoms with van der Waals surface area (Å²) < 4.78 is 24.3. The van der Waals surface area contributed by atoms with Crippen molar-refractivity contribution in [3.8, 4) is 0 Å². The number of likely N-dealkylation sites (tertiary alicyclic amines) is 1. The molecule has 2 unspecified atom stereocenters. The van der Waals surface area contributed by atoms with E-state index in [4.69, 9.17) is 0 Å². The van der Waals surface area contributed by atoms with Crippen LogP contribution in [0.15, 0.2) is 29.2 Å². The van der Waals surface area contributed by atoms with Crippen molar-refractivity contribution in [3.05, 3.63) is 29.8 Å². The summed E-state index contributed by atoms with van der Waals surface area (Å²) >= 11 is 0. The summed E-state index contributed by atoms with van der Waals surface area (Å²) in [5.74, 6) is 0.254. The Bertz CT molecular complexity index is 585. The maximum atomic E-state index is 12.1. The number of nitrogens with one attached hydrogen (secondary N) is 1. The summed E-state index contributed by atoms with van der Waals surface area (Å²) in [6.07, 6.45) is 3.07. The second-order valence-corrected chi connectivity index (χ2v) is 8.04. The molecule has 1 saturated heterocycles. The molecule has 0 aliphatic carbocycles. The van der Waals surface area contributed by atoms with E-state index in [1.165, 1.54) is 12.8 Å². The summed E-state index contributed by atoms with van der Waals surface area (Å²) in [7, 11) is -0.931. The van der Waals surface area contributed by atoms with Crippen LogP contribution in [0.25, 0.3) is 0 Å². The van der Waals surface area contributed by atoms with E-state index < -0.39 is 9.84 Å². The van der Waals surface area contributed by atoms with E-state index in [0.29, 0.717) is 17.4 Å². The third-order valence-electron chi connectivity index (χ3n) is 4.37. The molecule has 2 heterocycles. The first-order chi connectivity index (χ1) is 9.56. The fraction of sp³-hybridized carbons (Fsp3) is 0.600. The number of nitrogens with zero attached hydrogens (tertiary/aromatic N) is 1. The van der Waals surface area contributed by atoms with Gasteiger partial charge in [-0.15, -0.1) is 0 Å². The zero-order chi connectivity index (χ0) is 14.2. The van der Waals surface area contributed by atoms with Gasteiger partial charge in [0.25, 0.3) is 0 Å². The van der Waals surface area contributed by atoms with Gasteiger partial charge < -0.3 is 10.2 Å². The molecule has 0 bridgehead atoms. The van der Waals surface area contributed by atoms with Gasteiger partial charge in [-0.2, -0.15) is 0 Å². The second kappa shape index (κ2) is 5.47. The number of likely N-dealkylation sites (N-methyl/N-ethyl adjacent to an activating group) is 1. The van der Waals surface area contributed by atoms with Crippen molar-refractivity contribution in [1.29, 1.82) is 0 Å². The number of fused-ring (bicyclic) bond motifs is 1. The Morgan fingerprint density at radius 3 is 2.85 bits per heavy atom. The molecule has 0 amide bonds. The molecule has 1 aromatic carbocycles. The standard InChI is InChI=1S/C15H22N2O2S/c1-17-9-4-5-12(11-17)16-14-8-10-20(18,19)15-7-3-2-6-13(14)15/h2-3,6-7,12,14,16H,4-5,8-11H2,1H3. The molecule has 2 aliphatic heterocycles. The Morgan fingerprint density at radius 2 is 2.05 bits per heavy atom.